The molecule has 2 aromatic rings. The van der Waals surface area contributed by atoms with Crippen molar-refractivity contribution in [2.45, 2.75) is 31.6 Å². The van der Waals surface area contributed by atoms with E-state index >= 15 is 0 Å². The molecule has 0 aliphatic carbocycles. The number of hydrogen-bond acceptors (Lipinski definition) is 6. The van der Waals surface area contributed by atoms with E-state index in [4.69, 9.17) is 0 Å². The number of hydrogen-bond donors (Lipinski definition) is 0. The zero-order valence-electron chi connectivity index (χ0n) is 14.3. The van der Waals surface area contributed by atoms with Crippen molar-refractivity contribution in [2.75, 3.05) is 13.1 Å². The molecule has 1 heterocycles. The number of nitrogens with zero attached hydrogens (tertiary/aromatic N) is 3. The van der Waals surface area contributed by atoms with Gasteiger partial charge in [-0.1, -0.05) is 26.0 Å². The predicted octanol–water partition coefficient (Wildman–Crippen LogP) is 2.97. The number of thiazole rings is 1. The monoisotopic (exact) mass is 377 g/mol. The van der Waals surface area contributed by atoms with Gasteiger partial charge in [0.15, 0.2) is 11.7 Å². The summed E-state index contributed by atoms with van der Waals surface area (Å²) in [6.45, 7) is 6.09. The lowest BCUT2D eigenvalue weighted by Crippen LogP contribution is -2.30. The molecule has 8 heteroatoms. The van der Waals surface area contributed by atoms with Crippen molar-refractivity contribution in [3.05, 3.63) is 45.9 Å². The maximum atomic E-state index is 12.6. The van der Waals surface area contributed by atoms with Crippen LogP contribution in [0, 0.1) is 18.3 Å². The van der Waals surface area contributed by atoms with Gasteiger partial charge in [0, 0.05) is 29.7 Å². The van der Waals surface area contributed by atoms with E-state index in [1.165, 1.54) is 39.9 Å². The quantitative estimate of drug-likeness (QED) is 0.692. The van der Waals surface area contributed by atoms with Crippen LogP contribution < -0.4 is 0 Å². The summed E-state index contributed by atoms with van der Waals surface area (Å²) in [6, 6.07) is 7.69. The van der Waals surface area contributed by atoms with Crippen LogP contribution in [0.15, 0.2) is 34.5 Å². The highest BCUT2D eigenvalue weighted by molar-refractivity contribution is 7.89. The SMILES string of the molecule is CCN(CC)S(=O)(=O)c1ccc(C(=O)C(C#N)c2nc(C)cs2)cc1. The number of sulfonamides is 1. The molecule has 1 aromatic carbocycles. The lowest BCUT2D eigenvalue weighted by Gasteiger charge is -2.18. The average molecular weight is 377 g/mol. The Morgan fingerprint density at radius 1 is 1.28 bits per heavy atom. The second-order valence-corrected chi connectivity index (χ2v) is 8.19. The largest absolute Gasteiger partial charge is 0.292 e. The van der Waals surface area contributed by atoms with Gasteiger partial charge in [0.1, 0.15) is 5.01 Å². The standard InChI is InChI=1S/C17H19N3O3S2/c1-4-20(5-2)25(22,23)14-8-6-13(7-9-14)16(21)15(10-18)17-19-12(3)11-24-17/h6-9,11,15H,4-5H2,1-3H3. The first kappa shape index (κ1) is 19.2. The molecule has 0 aliphatic heterocycles. The Morgan fingerprint density at radius 2 is 1.88 bits per heavy atom. The van der Waals surface area contributed by atoms with Crippen LogP contribution in [-0.2, 0) is 10.0 Å². The van der Waals surface area contributed by atoms with Crippen molar-refractivity contribution in [1.29, 1.82) is 5.26 Å². The van der Waals surface area contributed by atoms with Gasteiger partial charge in [-0.2, -0.15) is 9.57 Å². The number of aromatic nitrogens is 1. The first-order valence-corrected chi connectivity index (χ1v) is 10.1. The van der Waals surface area contributed by atoms with Crippen molar-refractivity contribution in [3.8, 4) is 6.07 Å². The number of rotatable bonds is 7. The fourth-order valence-electron chi connectivity index (χ4n) is 2.40. The van der Waals surface area contributed by atoms with Crippen LogP contribution in [-0.4, -0.2) is 36.6 Å². The minimum atomic E-state index is -3.57. The van der Waals surface area contributed by atoms with E-state index in [9.17, 15) is 18.5 Å². The summed E-state index contributed by atoms with van der Waals surface area (Å²) < 4.78 is 26.3. The highest BCUT2D eigenvalue weighted by atomic mass is 32.2. The summed E-state index contributed by atoms with van der Waals surface area (Å²) >= 11 is 1.27. The van der Waals surface area contributed by atoms with Crippen molar-refractivity contribution in [3.63, 3.8) is 0 Å². The van der Waals surface area contributed by atoms with Gasteiger partial charge in [0.2, 0.25) is 10.0 Å². The second kappa shape index (κ2) is 7.87. The van der Waals surface area contributed by atoms with Crippen LogP contribution in [0.5, 0.6) is 0 Å². The Bertz CT molecular complexity index is 892. The third kappa shape index (κ3) is 3.95. The summed E-state index contributed by atoms with van der Waals surface area (Å²) in [5, 5.41) is 11.6. The van der Waals surface area contributed by atoms with E-state index in [0.29, 0.717) is 18.1 Å². The average Bonchev–Trinajstić information content (AvgIpc) is 3.02. The number of Topliss-reactive ketones (excluding diaryl/α,β-unsaturated/α-hetero) is 1. The summed E-state index contributed by atoms with van der Waals surface area (Å²) in [4.78, 5) is 16.9. The second-order valence-electron chi connectivity index (χ2n) is 5.37. The molecule has 25 heavy (non-hydrogen) atoms. The van der Waals surface area contributed by atoms with Gasteiger partial charge in [-0.15, -0.1) is 11.3 Å². The number of nitriles is 1. The molecule has 2 rings (SSSR count). The third-order valence-electron chi connectivity index (χ3n) is 3.76. The third-order valence-corrected chi connectivity index (χ3v) is 6.85. The van der Waals surface area contributed by atoms with Crippen LogP contribution in [0.1, 0.15) is 40.8 Å². The van der Waals surface area contributed by atoms with Crippen LogP contribution in [0.4, 0.5) is 0 Å². The number of carbonyl (C=O) groups excluding carboxylic acids is 1. The Hall–Kier alpha value is -2.08. The van der Waals surface area contributed by atoms with Crippen LogP contribution in [0.25, 0.3) is 0 Å². The number of carbonyl (C=O) groups is 1. The van der Waals surface area contributed by atoms with Gasteiger partial charge in [-0.05, 0) is 19.1 Å². The lowest BCUT2D eigenvalue weighted by molar-refractivity contribution is 0.0978. The molecule has 1 atom stereocenters. The number of benzene rings is 1. The highest BCUT2D eigenvalue weighted by Gasteiger charge is 2.26. The van der Waals surface area contributed by atoms with E-state index in [2.05, 4.69) is 4.98 Å². The molecular weight excluding hydrogens is 358 g/mol. The van der Waals surface area contributed by atoms with Gasteiger partial charge in [0.25, 0.3) is 0 Å². The number of ketones is 1. The van der Waals surface area contributed by atoms with Crippen LogP contribution >= 0.6 is 11.3 Å². The van der Waals surface area contributed by atoms with Gasteiger partial charge in [-0.3, -0.25) is 4.79 Å². The maximum absolute atomic E-state index is 12.6. The summed E-state index contributed by atoms with van der Waals surface area (Å²) in [6.07, 6.45) is 0. The molecule has 0 amide bonds. The minimum Gasteiger partial charge on any atom is -0.292 e. The van der Waals surface area contributed by atoms with E-state index in [-0.39, 0.29) is 16.2 Å². The fourth-order valence-corrected chi connectivity index (χ4v) is 4.70. The molecular formula is C17H19N3O3S2. The van der Waals surface area contributed by atoms with E-state index < -0.39 is 15.9 Å². The van der Waals surface area contributed by atoms with Gasteiger partial charge in [0.05, 0.1) is 11.0 Å². The molecule has 1 aromatic heterocycles. The molecule has 0 fully saturated rings. The van der Waals surface area contributed by atoms with Crippen molar-refractivity contribution >= 4 is 27.1 Å². The smallest absolute Gasteiger partial charge is 0.243 e. The molecule has 0 aliphatic rings. The zero-order valence-corrected chi connectivity index (χ0v) is 15.9. The molecule has 0 saturated heterocycles. The summed E-state index contributed by atoms with van der Waals surface area (Å²) in [5.74, 6) is -1.37. The van der Waals surface area contributed by atoms with E-state index in [1.54, 1.807) is 26.2 Å². The summed E-state index contributed by atoms with van der Waals surface area (Å²) in [5.41, 5.74) is 1.05. The van der Waals surface area contributed by atoms with E-state index in [0.717, 1.165) is 5.69 Å². The number of aryl methyl sites for hydroxylation is 1. The Morgan fingerprint density at radius 3 is 2.32 bits per heavy atom. The van der Waals surface area contributed by atoms with E-state index in [1.807, 2.05) is 6.07 Å². The summed E-state index contributed by atoms with van der Waals surface area (Å²) in [7, 11) is -3.57. The molecule has 0 saturated carbocycles. The van der Waals surface area contributed by atoms with Crippen LogP contribution in [0.2, 0.25) is 0 Å². The first-order valence-electron chi connectivity index (χ1n) is 7.81. The molecule has 0 bridgehead atoms. The van der Waals surface area contributed by atoms with Gasteiger partial charge >= 0.3 is 0 Å². The van der Waals surface area contributed by atoms with Crippen LogP contribution in [0.3, 0.4) is 0 Å². The minimum absolute atomic E-state index is 0.131. The van der Waals surface area contributed by atoms with Crippen molar-refractivity contribution in [1.82, 2.24) is 9.29 Å². The maximum Gasteiger partial charge on any atom is 0.243 e. The normalized spacial score (nSPS) is 12.8. The fraction of sp³-hybridized carbons (Fsp3) is 0.353. The van der Waals surface area contributed by atoms with Gasteiger partial charge in [-0.25, -0.2) is 13.4 Å². The van der Waals surface area contributed by atoms with Crippen molar-refractivity contribution < 1.29 is 13.2 Å². The predicted molar refractivity (Wildman–Crippen MR) is 96.1 cm³/mol. The zero-order chi connectivity index (χ0) is 18.6. The molecule has 0 N–H and O–H groups in total. The van der Waals surface area contributed by atoms with Crippen molar-refractivity contribution in [2.24, 2.45) is 0 Å². The Labute approximate surface area is 151 Å². The topological polar surface area (TPSA) is 91.1 Å². The first-order chi connectivity index (χ1) is 11.8. The Balaban J connectivity index is 2.30. The molecule has 0 radical (unpaired) electrons. The molecule has 6 nitrogen and oxygen atoms in total. The lowest BCUT2D eigenvalue weighted by atomic mass is 9.99. The Kier molecular flexibility index (Phi) is 6.06. The highest BCUT2D eigenvalue weighted by Crippen LogP contribution is 2.25. The van der Waals surface area contributed by atoms with Gasteiger partial charge < -0.3 is 0 Å². The molecule has 132 valence electrons. The molecule has 1 unspecified atom stereocenters. The molecule has 0 spiro atoms.